The number of hydrogen-bond donors (Lipinski definition) is 0. The summed E-state index contributed by atoms with van der Waals surface area (Å²) in [6.45, 7) is 11.7. The molecular formula is C22H29NO2Si. The van der Waals surface area contributed by atoms with Gasteiger partial charge in [-0.1, -0.05) is 86.6 Å². The van der Waals surface area contributed by atoms with Crippen LogP contribution < -0.4 is 0 Å². The van der Waals surface area contributed by atoms with Gasteiger partial charge >= 0.3 is 0 Å². The smallest absolute Gasteiger partial charge is 0.192 e. The zero-order chi connectivity index (χ0) is 19.0. The van der Waals surface area contributed by atoms with E-state index in [4.69, 9.17) is 9.26 Å². The highest BCUT2D eigenvalue weighted by Gasteiger charge is 2.36. The van der Waals surface area contributed by atoms with E-state index in [1.54, 1.807) is 6.26 Å². The van der Waals surface area contributed by atoms with Crippen LogP contribution in [0.25, 0.3) is 0 Å². The van der Waals surface area contributed by atoms with Gasteiger partial charge in [-0.2, -0.15) is 0 Å². The summed E-state index contributed by atoms with van der Waals surface area (Å²) in [5, 5.41) is 4.53. The summed E-state index contributed by atoms with van der Waals surface area (Å²) in [6, 6.07) is 20.1. The van der Waals surface area contributed by atoms with Crippen molar-refractivity contribution in [2.45, 2.75) is 38.9 Å². The van der Waals surface area contributed by atoms with E-state index in [2.05, 4.69) is 39.0 Å². The second-order valence-corrected chi connectivity index (χ2v) is 12.5. The largest absolute Gasteiger partial charge is 0.413 e. The van der Waals surface area contributed by atoms with Crippen LogP contribution in [0.3, 0.4) is 0 Å². The Bertz CT molecular complexity index is 690. The standard InChI is InChI=1S/C22H29NO2Si/c1-22(2,3)26(4,5)25-18-12-17-24-23-21(19-13-8-6-9-14-19)20-15-10-7-11-16-20/h6-17H,18H2,1-5H3/b17-12+. The molecule has 0 unspecified atom stereocenters. The van der Waals surface area contributed by atoms with Crippen molar-refractivity contribution in [3.05, 3.63) is 84.1 Å². The van der Waals surface area contributed by atoms with E-state index >= 15 is 0 Å². The molecule has 0 fully saturated rings. The van der Waals surface area contributed by atoms with Crippen LogP contribution in [-0.4, -0.2) is 20.6 Å². The molecule has 0 bridgehead atoms. The average molecular weight is 368 g/mol. The molecule has 138 valence electrons. The van der Waals surface area contributed by atoms with Crippen LogP contribution >= 0.6 is 0 Å². The molecule has 0 radical (unpaired) electrons. The zero-order valence-corrected chi connectivity index (χ0v) is 17.4. The maximum Gasteiger partial charge on any atom is 0.192 e. The van der Waals surface area contributed by atoms with Crippen molar-refractivity contribution in [1.29, 1.82) is 0 Å². The minimum Gasteiger partial charge on any atom is -0.413 e. The number of rotatable bonds is 7. The van der Waals surface area contributed by atoms with Gasteiger partial charge in [0.15, 0.2) is 8.32 Å². The maximum absolute atomic E-state index is 6.09. The van der Waals surface area contributed by atoms with Crippen molar-refractivity contribution in [2.75, 3.05) is 6.61 Å². The van der Waals surface area contributed by atoms with Gasteiger partial charge in [0, 0.05) is 11.1 Å². The molecule has 0 aromatic heterocycles. The molecule has 0 N–H and O–H groups in total. The minimum atomic E-state index is -1.73. The fraction of sp³-hybridized carbons (Fsp3) is 0.318. The molecule has 0 atom stereocenters. The summed E-state index contributed by atoms with van der Waals surface area (Å²) in [6.07, 6.45) is 3.47. The third kappa shape index (κ3) is 5.68. The molecule has 3 nitrogen and oxygen atoms in total. The molecule has 0 saturated heterocycles. The fourth-order valence-electron chi connectivity index (χ4n) is 2.10. The van der Waals surface area contributed by atoms with Gasteiger partial charge in [0.2, 0.25) is 0 Å². The summed E-state index contributed by atoms with van der Waals surface area (Å²) in [7, 11) is -1.73. The van der Waals surface area contributed by atoms with E-state index in [1.807, 2.05) is 66.7 Å². The highest BCUT2D eigenvalue weighted by atomic mass is 28.4. The summed E-state index contributed by atoms with van der Waals surface area (Å²) < 4.78 is 6.09. The summed E-state index contributed by atoms with van der Waals surface area (Å²) in [4.78, 5) is 5.45. The van der Waals surface area contributed by atoms with Crippen LogP contribution in [0.1, 0.15) is 31.9 Å². The number of nitrogens with zero attached hydrogens (tertiary/aromatic N) is 1. The van der Waals surface area contributed by atoms with E-state index in [9.17, 15) is 0 Å². The predicted molar refractivity (Wildman–Crippen MR) is 112 cm³/mol. The van der Waals surface area contributed by atoms with E-state index < -0.39 is 8.32 Å². The molecule has 0 spiro atoms. The van der Waals surface area contributed by atoms with Crippen molar-refractivity contribution in [3.63, 3.8) is 0 Å². The highest BCUT2D eigenvalue weighted by Crippen LogP contribution is 2.36. The summed E-state index contributed by atoms with van der Waals surface area (Å²) in [5.41, 5.74) is 2.84. The Morgan fingerprint density at radius 2 is 1.42 bits per heavy atom. The van der Waals surface area contributed by atoms with Gasteiger partial charge in [0.05, 0.1) is 6.61 Å². The van der Waals surface area contributed by atoms with Crippen LogP contribution in [0.2, 0.25) is 18.1 Å². The SMILES string of the molecule is CC(C)(C)[Si](C)(C)OC/C=C/ON=C(c1ccccc1)c1ccccc1. The Morgan fingerprint density at radius 1 is 0.923 bits per heavy atom. The molecule has 0 aliphatic rings. The van der Waals surface area contributed by atoms with Crippen LogP contribution in [0.4, 0.5) is 0 Å². The lowest BCUT2D eigenvalue weighted by atomic mass is 10.0. The molecule has 0 aliphatic heterocycles. The van der Waals surface area contributed by atoms with Crippen molar-refractivity contribution in [1.82, 2.24) is 0 Å². The van der Waals surface area contributed by atoms with Gasteiger partial charge in [0.25, 0.3) is 0 Å². The third-order valence-electron chi connectivity index (χ3n) is 4.74. The first-order chi connectivity index (χ1) is 12.3. The van der Waals surface area contributed by atoms with Gasteiger partial charge in [0.1, 0.15) is 12.0 Å². The lowest BCUT2D eigenvalue weighted by Gasteiger charge is -2.35. The van der Waals surface area contributed by atoms with Crippen LogP contribution in [0.5, 0.6) is 0 Å². The van der Waals surface area contributed by atoms with Crippen LogP contribution in [-0.2, 0) is 9.26 Å². The van der Waals surface area contributed by atoms with Crippen LogP contribution in [0, 0.1) is 0 Å². The van der Waals surface area contributed by atoms with Crippen molar-refractivity contribution in [2.24, 2.45) is 5.16 Å². The molecule has 2 aromatic rings. The molecule has 0 amide bonds. The average Bonchev–Trinajstić information content (AvgIpc) is 2.61. The lowest BCUT2D eigenvalue weighted by Crippen LogP contribution is -2.40. The Labute approximate surface area is 158 Å². The van der Waals surface area contributed by atoms with Crippen molar-refractivity contribution < 1.29 is 9.26 Å². The molecule has 0 heterocycles. The van der Waals surface area contributed by atoms with Crippen molar-refractivity contribution in [3.8, 4) is 0 Å². The van der Waals surface area contributed by atoms with Crippen molar-refractivity contribution >= 4 is 14.0 Å². The van der Waals surface area contributed by atoms with E-state index in [1.165, 1.54) is 0 Å². The zero-order valence-electron chi connectivity index (χ0n) is 16.4. The lowest BCUT2D eigenvalue weighted by molar-refractivity contribution is 0.261. The molecular weight excluding hydrogens is 338 g/mol. The van der Waals surface area contributed by atoms with Gasteiger partial charge in [-0.3, -0.25) is 0 Å². The fourth-order valence-corrected chi connectivity index (χ4v) is 3.05. The second-order valence-electron chi connectivity index (χ2n) is 7.72. The first kappa shape index (κ1) is 20.1. The third-order valence-corrected chi connectivity index (χ3v) is 9.24. The monoisotopic (exact) mass is 367 g/mol. The topological polar surface area (TPSA) is 30.8 Å². The Morgan fingerprint density at radius 3 is 1.88 bits per heavy atom. The summed E-state index contributed by atoms with van der Waals surface area (Å²) >= 11 is 0. The maximum atomic E-state index is 6.09. The first-order valence-corrected chi connectivity index (χ1v) is 11.9. The highest BCUT2D eigenvalue weighted by molar-refractivity contribution is 6.74. The second kappa shape index (κ2) is 8.97. The Kier molecular flexibility index (Phi) is 6.95. The van der Waals surface area contributed by atoms with E-state index in [-0.39, 0.29) is 5.04 Å². The molecule has 2 aromatic carbocycles. The molecule has 0 saturated carbocycles. The van der Waals surface area contributed by atoms with E-state index in [0.29, 0.717) is 6.61 Å². The molecule has 2 rings (SSSR count). The quantitative estimate of drug-likeness (QED) is 0.260. The van der Waals surface area contributed by atoms with Gasteiger partial charge in [-0.25, -0.2) is 0 Å². The van der Waals surface area contributed by atoms with Gasteiger partial charge < -0.3 is 9.26 Å². The Hall–Kier alpha value is -2.17. The minimum absolute atomic E-state index is 0.202. The molecule has 4 heteroatoms. The summed E-state index contributed by atoms with van der Waals surface area (Å²) in [5.74, 6) is 0. The number of benzene rings is 2. The molecule has 0 aliphatic carbocycles. The normalized spacial score (nSPS) is 12.2. The molecule has 26 heavy (non-hydrogen) atoms. The number of hydrogen-bond acceptors (Lipinski definition) is 3. The first-order valence-electron chi connectivity index (χ1n) is 8.95. The Balaban J connectivity index is 2.03. The predicted octanol–water partition coefficient (Wildman–Crippen LogP) is 5.99. The number of oxime groups is 1. The van der Waals surface area contributed by atoms with E-state index in [0.717, 1.165) is 16.8 Å². The van der Waals surface area contributed by atoms with Crippen LogP contribution in [0.15, 0.2) is 78.2 Å². The van der Waals surface area contributed by atoms with Gasteiger partial charge in [-0.05, 0) is 24.2 Å². The van der Waals surface area contributed by atoms with Gasteiger partial charge in [-0.15, -0.1) is 0 Å².